The van der Waals surface area contributed by atoms with Gasteiger partial charge >= 0.3 is 0 Å². The van der Waals surface area contributed by atoms with E-state index >= 15 is 0 Å². The van der Waals surface area contributed by atoms with Crippen molar-refractivity contribution in [2.24, 2.45) is 10.3 Å². The molecule has 0 radical (unpaired) electrons. The van der Waals surface area contributed by atoms with Gasteiger partial charge in [-0.25, -0.2) is 0 Å². The summed E-state index contributed by atoms with van der Waals surface area (Å²) in [5.41, 5.74) is 0.609. The Morgan fingerprint density at radius 3 is 2.54 bits per heavy atom. The van der Waals surface area contributed by atoms with Gasteiger partial charge in [-0.15, -0.1) is 0 Å². The van der Waals surface area contributed by atoms with Crippen LogP contribution in [0.2, 0.25) is 5.02 Å². The van der Waals surface area contributed by atoms with Crippen molar-refractivity contribution in [3.05, 3.63) is 34.9 Å². The molecule has 0 saturated heterocycles. The van der Waals surface area contributed by atoms with Crippen LogP contribution in [0.5, 0.6) is 0 Å². The molecule has 0 aliphatic rings. The Hall–Kier alpha value is -1.55. The molecule has 0 bridgehead atoms. The van der Waals surface area contributed by atoms with Crippen LogP contribution in [-0.2, 0) is 0 Å². The molecule has 0 fully saturated rings. The van der Waals surface area contributed by atoms with Crippen molar-refractivity contribution >= 4 is 23.5 Å². The minimum absolute atomic E-state index is 0.105. The summed E-state index contributed by atoms with van der Waals surface area (Å²) in [4.78, 5) is 0. The van der Waals surface area contributed by atoms with Gasteiger partial charge in [-0.1, -0.05) is 40.1 Å². The second-order valence-electron chi connectivity index (χ2n) is 2.21. The van der Waals surface area contributed by atoms with E-state index in [1.54, 1.807) is 24.3 Å². The van der Waals surface area contributed by atoms with Crippen LogP contribution in [0.1, 0.15) is 5.56 Å². The van der Waals surface area contributed by atoms with Gasteiger partial charge < -0.3 is 10.4 Å². The highest BCUT2D eigenvalue weighted by Gasteiger charge is 2.05. The maximum atomic E-state index is 8.56. The zero-order valence-electron chi connectivity index (χ0n) is 6.55. The van der Waals surface area contributed by atoms with Gasteiger partial charge in [0.15, 0.2) is 0 Å². The van der Waals surface area contributed by atoms with Crippen LogP contribution in [-0.4, -0.2) is 22.3 Å². The lowest BCUT2D eigenvalue weighted by Crippen LogP contribution is -2.03. The Morgan fingerprint density at radius 2 is 2.00 bits per heavy atom. The lowest BCUT2D eigenvalue weighted by atomic mass is 10.1. The second kappa shape index (κ2) is 4.47. The normalized spacial score (nSPS) is 12.2. The molecule has 0 spiro atoms. The van der Waals surface area contributed by atoms with Gasteiger partial charge in [0, 0.05) is 5.56 Å². The Morgan fingerprint density at radius 1 is 1.31 bits per heavy atom. The van der Waals surface area contributed by atoms with Crippen molar-refractivity contribution in [3.8, 4) is 0 Å². The fraction of sp³-hybridized carbons (Fsp3) is 0. The second-order valence-corrected chi connectivity index (χ2v) is 2.62. The molecule has 0 saturated carbocycles. The van der Waals surface area contributed by atoms with Gasteiger partial charge in [0.25, 0.3) is 0 Å². The van der Waals surface area contributed by atoms with E-state index in [-0.39, 0.29) is 5.71 Å². The first-order chi connectivity index (χ1) is 6.29. The van der Waals surface area contributed by atoms with Gasteiger partial charge in [-0.05, 0) is 6.07 Å². The zero-order valence-corrected chi connectivity index (χ0v) is 7.31. The highest BCUT2D eigenvalue weighted by atomic mass is 35.5. The van der Waals surface area contributed by atoms with Crippen molar-refractivity contribution in [1.82, 2.24) is 0 Å². The summed E-state index contributed by atoms with van der Waals surface area (Å²) in [6, 6.07) is 6.78. The van der Waals surface area contributed by atoms with Gasteiger partial charge in [-0.3, -0.25) is 0 Å². The van der Waals surface area contributed by atoms with E-state index in [4.69, 9.17) is 22.0 Å². The predicted molar refractivity (Wildman–Crippen MR) is 50.1 cm³/mol. The van der Waals surface area contributed by atoms with Crippen molar-refractivity contribution in [3.63, 3.8) is 0 Å². The average Bonchev–Trinajstić information content (AvgIpc) is 2.16. The van der Waals surface area contributed by atoms with Crippen LogP contribution in [0.3, 0.4) is 0 Å². The van der Waals surface area contributed by atoms with Gasteiger partial charge in [-0.2, -0.15) is 0 Å². The molecule has 2 N–H and O–H groups in total. The Kier molecular flexibility index (Phi) is 3.28. The first-order valence-corrected chi connectivity index (χ1v) is 3.81. The van der Waals surface area contributed by atoms with Crippen molar-refractivity contribution < 1.29 is 10.4 Å². The molecule has 68 valence electrons. The van der Waals surface area contributed by atoms with Crippen LogP contribution in [0.25, 0.3) is 0 Å². The molecule has 0 unspecified atom stereocenters. The fourth-order valence-corrected chi connectivity index (χ4v) is 1.11. The van der Waals surface area contributed by atoms with Gasteiger partial charge in [0.2, 0.25) is 0 Å². The lowest BCUT2D eigenvalue weighted by Gasteiger charge is -1.99. The van der Waals surface area contributed by atoms with Crippen molar-refractivity contribution in [2.75, 3.05) is 0 Å². The number of rotatable bonds is 2. The molecule has 4 nitrogen and oxygen atoms in total. The first kappa shape index (κ1) is 9.54. The highest BCUT2D eigenvalue weighted by Crippen LogP contribution is 2.15. The molecular formula is C8H7ClN2O2. The maximum absolute atomic E-state index is 8.56. The summed E-state index contributed by atoms with van der Waals surface area (Å²) in [7, 11) is 0. The zero-order chi connectivity index (χ0) is 9.68. The van der Waals surface area contributed by atoms with Gasteiger partial charge in [0.1, 0.15) is 5.71 Å². The van der Waals surface area contributed by atoms with Crippen molar-refractivity contribution in [2.45, 2.75) is 0 Å². The summed E-state index contributed by atoms with van der Waals surface area (Å²) >= 11 is 5.80. The largest absolute Gasteiger partial charge is 0.411 e. The van der Waals surface area contributed by atoms with Crippen LogP contribution in [0.15, 0.2) is 34.6 Å². The van der Waals surface area contributed by atoms with E-state index in [0.29, 0.717) is 10.6 Å². The third-order valence-corrected chi connectivity index (χ3v) is 1.77. The number of oxime groups is 2. The molecule has 5 heteroatoms. The minimum atomic E-state index is 0.105. The Balaban J connectivity index is 3.13. The van der Waals surface area contributed by atoms with Crippen molar-refractivity contribution in [1.29, 1.82) is 0 Å². The molecular weight excluding hydrogens is 192 g/mol. The SMILES string of the molecule is ON=CC(=NO)c1ccccc1Cl. The smallest absolute Gasteiger partial charge is 0.132 e. The molecule has 0 aromatic heterocycles. The standard InChI is InChI=1S/C8H7ClN2O2/c9-7-4-2-1-3-6(7)8(11-13)5-10-12/h1-5,12-13H. The number of nitrogens with zero attached hydrogens (tertiary/aromatic N) is 2. The summed E-state index contributed by atoms with van der Waals surface area (Å²) < 4.78 is 0. The van der Waals surface area contributed by atoms with E-state index in [9.17, 15) is 0 Å². The molecule has 13 heavy (non-hydrogen) atoms. The summed E-state index contributed by atoms with van der Waals surface area (Å²) in [6.07, 6.45) is 1.00. The molecule has 1 rings (SSSR count). The lowest BCUT2D eigenvalue weighted by molar-refractivity contribution is 0.316. The van der Waals surface area contributed by atoms with Crippen LogP contribution in [0.4, 0.5) is 0 Å². The maximum Gasteiger partial charge on any atom is 0.132 e. The van der Waals surface area contributed by atoms with Crippen LogP contribution < -0.4 is 0 Å². The summed E-state index contributed by atoms with van der Waals surface area (Å²) in [6.45, 7) is 0. The van der Waals surface area contributed by atoms with E-state index in [1.165, 1.54) is 0 Å². The van der Waals surface area contributed by atoms with Crippen LogP contribution in [0, 0.1) is 0 Å². The summed E-state index contributed by atoms with van der Waals surface area (Å²) in [5.74, 6) is 0. The quantitative estimate of drug-likeness (QED) is 0.434. The van der Waals surface area contributed by atoms with E-state index in [0.717, 1.165) is 6.21 Å². The van der Waals surface area contributed by atoms with Crippen LogP contribution >= 0.6 is 11.6 Å². The molecule has 1 aromatic carbocycles. The predicted octanol–water partition coefficient (Wildman–Crippen LogP) is 1.98. The summed E-state index contributed by atoms with van der Waals surface area (Å²) in [5, 5.41) is 22.9. The number of benzene rings is 1. The third-order valence-electron chi connectivity index (χ3n) is 1.44. The number of halogens is 1. The Bertz CT molecular complexity index is 350. The van der Waals surface area contributed by atoms with E-state index in [1.807, 2.05) is 0 Å². The first-order valence-electron chi connectivity index (χ1n) is 3.44. The third kappa shape index (κ3) is 2.19. The van der Waals surface area contributed by atoms with E-state index < -0.39 is 0 Å². The molecule has 0 atom stereocenters. The molecule has 0 aliphatic heterocycles. The number of hydrogen-bond donors (Lipinski definition) is 2. The van der Waals surface area contributed by atoms with Gasteiger partial charge in [0.05, 0.1) is 11.2 Å². The molecule has 0 heterocycles. The molecule has 0 aliphatic carbocycles. The minimum Gasteiger partial charge on any atom is -0.411 e. The highest BCUT2D eigenvalue weighted by molar-refractivity contribution is 6.43. The Labute approximate surface area is 79.8 Å². The molecule has 1 aromatic rings. The topological polar surface area (TPSA) is 65.2 Å². The molecule has 0 amide bonds. The fourth-order valence-electron chi connectivity index (χ4n) is 0.873. The monoisotopic (exact) mass is 198 g/mol. The van der Waals surface area contributed by atoms with E-state index in [2.05, 4.69) is 10.3 Å². The average molecular weight is 199 g/mol. The number of hydrogen-bond acceptors (Lipinski definition) is 4.